The molecule has 0 aromatic heterocycles. The summed E-state index contributed by atoms with van der Waals surface area (Å²) in [7, 11) is 0. The number of rotatable bonds is 0. The Bertz CT molecular complexity index is 728. The van der Waals surface area contributed by atoms with Crippen molar-refractivity contribution >= 4 is 32.3 Å². The van der Waals surface area contributed by atoms with E-state index >= 15 is 0 Å². The van der Waals surface area contributed by atoms with Crippen molar-refractivity contribution in [3.63, 3.8) is 0 Å². The molecule has 0 saturated carbocycles. The Morgan fingerprint density at radius 3 is 2.06 bits per heavy atom. The molecule has 0 heterocycles. The lowest BCUT2D eigenvalue weighted by atomic mass is 10.00. The second-order valence-electron chi connectivity index (χ2n) is 4.59. The first-order valence-electron chi connectivity index (χ1n) is 6.05. The maximum atomic E-state index is 3.17. The van der Waals surface area contributed by atoms with Crippen molar-refractivity contribution in [1.82, 2.24) is 0 Å². The summed E-state index contributed by atoms with van der Waals surface area (Å²) in [6.07, 6.45) is 0. The van der Waals surface area contributed by atoms with Crippen LogP contribution in [-0.2, 0) is 0 Å². The molecular weight excluding hydrogens is 216 g/mol. The predicted octanol–water partition coefficient (Wildman–Crippen LogP) is 4.75. The molecule has 4 aromatic carbocycles. The first-order chi connectivity index (χ1) is 8.90. The van der Waals surface area contributed by atoms with Gasteiger partial charge in [0, 0.05) is 0 Å². The van der Waals surface area contributed by atoms with Crippen LogP contribution in [0.2, 0.25) is 0 Å². The molecule has 0 heteroatoms. The molecule has 0 aliphatic heterocycles. The van der Waals surface area contributed by atoms with Crippen molar-refractivity contribution in [3.05, 3.63) is 72.8 Å². The fourth-order valence-corrected chi connectivity index (χ4v) is 2.51. The summed E-state index contributed by atoms with van der Waals surface area (Å²) >= 11 is 0. The van der Waals surface area contributed by atoms with Crippen molar-refractivity contribution in [2.75, 3.05) is 0 Å². The van der Waals surface area contributed by atoms with Gasteiger partial charge in [0.2, 0.25) is 0 Å². The first-order valence-corrected chi connectivity index (χ1v) is 6.05. The highest BCUT2D eigenvalue weighted by molar-refractivity contribution is 6.04. The quantitative estimate of drug-likeness (QED) is 0.380. The third-order valence-electron chi connectivity index (χ3n) is 3.43. The summed E-state index contributed by atoms with van der Waals surface area (Å²) in [6.45, 7) is 0. The summed E-state index contributed by atoms with van der Waals surface area (Å²) in [4.78, 5) is 0. The van der Waals surface area contributed by atoms with Crippen LogP contribution >= 0.6 is 0 Å². The molecule has 0 N–H and O–H groups in total. The van der Waals surface area contributed by atoms with Gasteiger partial charge in [-0.05, 0) is 68.7 Å². The number of fused-ring (bicyclic) bond motifs is 3. The summed E-state index contributed by atoms with van der Waals surface area (Å²) in [5.74, 6) is 0. The minimum absolute atomic E-state index is 1.13. The molecule has 0 unspecified atom stereocenters. The Morgan fingerprint density at radius 2 is 1.28 bits per heavy atom. The SMILES string of the molecule is [c]1[c]c2cc3cc4ccccc4cc3cc2cc1. The molecule has 0 aliphatic carbocycles. The highest BCUT2D eigenvalue weighted by Crippen LogP contribution is 2.26. The van der Waals surface area contributed by atoms with E-state index in [9.17, 15) is 0 Å². The number of hydrogen-bond donors (Lipinski definition) is 0. The Kier molecular flexibility index (Phi) is 1.92. The monoisotopic (exact) mass is 226 g/mol. The first kappa shape index (κ1) is 9.67. The van der Waals surface area contributed by atoms with Gasteiger partial charge in [-0.2, -0.15) is 0 Å². The molecule has 0 amide bonds. The van der Waals surface area contributed by atoms with E-state index in [0.717, 1.165) is 5.39 Å². The average Bonchev–Trinajstić information content (AvgIpc) is 2.42. The van der Waals surface area contributed by atoms with Gasteiger partial charge in [-0.15, -0.1) is 0 Å². The smallest absolute Gasteiger partial charge is 0.00139 e. The predicted molar refractivity (Wildman–Crippen MR) is 76.6 cm³/mol. The minimum atomic E-state index is 1.13. The van der Waals surface area contributed by atoms with Crippen LogP contribution in [0.4, 0.5) is 0 Å². The van der Waals surface area contributed by atoms with Gasteiger partial charge in [0.05, 0.1) is 0 Å². The van der Waals surface area contributed by atoms with Gasteiger partial charge >= 0.3 is 0 Å². The highest BCUT2D eigenvalue weighted by atomic mass is 14.0. The van der Waals surface area contributed by atoms with Crippen LogP contribution in [0, 0.1) is 12.1 Å². The van der Waals surface area contributed by atoms with Crippen molar-refractivity contribution in [2.24, 2.45) is 0 Å². The molecular formula is C18H10. The second-order valence-corrected chi connectivity index (χ2v) is 4.59. The molecule has 0 saturated heterocycles. The fraction of sp³-hybridized carbons (Fsp3) is 0. The third kappa shape index (κ3) is 1.39. The minimum Gasteiger partial charge on any atom is -0.0616 e. The Hall–Kier alpha value is -2.34. The summed E-state index contributed by atoms with van der Waals surface area (Å²) < 4.78 is 0. The maximum absolute atomic E-state index is 3.17. The van der Waals surface area contributed by atoms with E-state index in [0.29, 0.717) is 0 Å². The van der Waals surface area contributed by atoms with Crippen LogP contribution < -0.4 is 0 Å². The molecule has 4 rings (SSSR count). The van der Waals surface area contributed by atoms with E-state index in [2.05, 4.69) is 66.7 Å². The van der Waals surface area contributed by atoms with Crippen LogP contribution in [0.15, 0.2) is 60.7 Å². The van der Waals surface area contributed by atoms with Gasteiger partial charge in [0.15, 0.2) is 0 Å². The molecule has 82 valence electrons. The highest BCUT2D eigenvalue weighted by Gasteiger charge is 2.00. The fourth-order valence-electron chi connectivity index (χ4n) is 2.51. The lowest BCUT2D eigenvalue weighted by Crippen LogP contribution is -1.78. The van der Waals surface area contributed by atoms with Gasteiger partial charge < -0.3 is 0 Å². The zero-order valence-corrected chi connectivity index (χ0v) is 9.77. The van der Waals surface area contributed by atoms with Gasteiger partial charge in [0.1, 0.15) is 0 Å². The van der Waals surface area contributed by atoms with Crippen molar-refractivity contribution in [3.8, 4) is 0 Å². The molecule has 0 fully saturated rings. The second kappa shape index (κ2) is 3.58. The summed E-state index contributed by atoms with van der Waals surface area (Å²) in [5.41, 5.74) is 0. The summed E-state index contributed by atoms with van der Waals surface area (Å²) in [5, 5.41) is 7.45. The van der Waals surface area contributed by atoms with Crippen LogP contribution in [-0.4, -0.2) is 0 Å². The van der Waals surface area contributed by atoms with Crippen LogP contribution in [0.25, 0.3) is 32.3 Å². The Balaban J connectivity index is 2.20. The molecule has 0 aliphatic rings. The standard InChI is InChI=1S/C18H10/c1-2-6-14-10-18-12-16-8-4-3-7-15(16)11-17(18)9-13(14)5-1/h1-3,5-7,9-12H. The molecule has 0 atom stereocenters. The van der Waals surface area contributed by atoms with E-state index in [4.69, 9.17) is 0 Å². The largest absolute Gasteiger partial charge is 0.0616 e. The summed E-state index contributed by atoms with van der Waals surface area (Å²) in [6, 6.07) is 27.5. The number of hydrogen-bond acceptors (Lipinski definition) is 0. The van der Waals surface area contributed by atoms with Gasteiger partial charge in [-0.3, -0.25) is 0 Å². The van der Waals surface area contributed by atoms with Crippen LogP contribution in [0.3, 0.4) is 0 Å². The van der Waals surface area contributed by atoms with Crippen LogP contribution in [0.1, 0.15) is 0 Å². The van der Waals surface area contributed by atoms with Gasteiger partial charge in [-0.1, -0.05) is 36.4 Å². The number of benzene rings is 4. The zero-order chi connectivity index (χ0) is 11.9. The lowest BCUT2D eigenvalue weighted by Gasteiger charge is -2.04. The average molecular weight is 226 g/mol. The Morgan fingerprint density at radius 1 is 0.611 bits per heavy atom. The van der Waals surface area contributed by atoms with E-state index in [1.165, 1.54) is 26.9 Å². The normalized spacial score (nSPS) is 11.3. The van der Waals surface area contributed by atoms with Crippen LogP contribution in [0.5, 0.6) is 0 Å². The molecule has 0 spiro atoms. The molecule has 18 heavy (non-hydrogen) atoms. The van der Waals surface area contributed by atoms with Gasteiger partial charge in [0.25, 0.3) is 0 Å². The van der Waals surface area contributed by atoms with E-state index in [-0.39, 0.29) is 0 Å². The topological polar surface area (TPSA) is 0 Å². The van der Waals surface area contributed by atoms with E-state index < -0.39 is 0 Å². The lowest BCUT2D eigenvalue weighted by molar-refractivity contribution is 1.75. The molecule has 4 aromatic rings. The Labute approximate surface area is 105 Å². The third-order valence-corrected chi connectivity index (χ3v) is 3.43. The van der Waals surface area contributed by atoms with E-state index in [1.54, 1.807) is 0 Å². The van der Waals surface area contributed by atoms with Crippen molar-refractivity contribution in [2.45, 2.75) is 0 Å². The molecule has 0 bridgehead atoms. The maximum Gasteiger partial charge on any atom is -0.00139 e. The van der Waals surface area contributed by atoms with Crippen molar-refractivity contribution < 1.29 is 0 Å². The molecule has 2 radical (unpaired) electrons. The zero-order valence-electron chi connectivity index (χ0n) is 9.77. The van der Waals surface area contributed by atoms with E-state index in [1.807, 2.05) is 6.07 Å². The van der Waals surface area contributed by atoms with Gasteiger partial charge in [-0.25, -0.2) is 0 Å². The molecule has 0 nitrogen and oxygen atoms in total. The van der Waals surface area contributed by atoms with Crippen molar-refractivity contribution in [1.29, 1.82) is 0 Å².